The van der Waals surface area contributed by atoms with Crippen LogP contribution in [-0.4, -0.2) is 27.8 Å². The highest BCUT2D eigenvalue weighted by molar-refractivity contribution is 8.00. The SMILES string of the molecule is Nc1cccc(SC2CC(=O)N(c3ccc(C(=O)/C=C/c4cccnc4)cc3)C2=O)c1. The van der Waals surface area contributed by atoms with Gasteiger partial charge in [0.1, 0.15) is 0 Å². The van der Waals surface area contributed by atoms with Gasteiger partial charge in [-0.1, -0.05) is 12.1 Å². The number of imide groups is 1. The van der Waals surface area contributed by atoms with Gasteiger partial charge in [-0.2, -0.15) is 0 Å². The molecule has 1 atom stereocenters. The zero-order valence-electron chi connectivity index (χ0n) is 16.5. The number of pyridine rings is 1. The third-order valence-corrected chi connectivity index (χ3v) is 5.94. The highest BCUT2D eigenvalue weighted by atomic mass is 32.2. The molecule has 2 N–H and O–H groups in total. The normalized spacial score (nSPS) is 16.3. The van der Waals surface area contributed by atoms with Crippen LogP contribution in [0, 0.1) is 0 Å². The van der Waals surface area contributed by atoms with E-state index in [1.54, 1.807) is 60.9 Å². The second kappa shape index (κ2) is 8.97. The number of aromatic nitrogens is 1. The van der Waals surface area contributed by atoms with Crippen LogP contribution in [0.25, 0.3) is 6.08 Å². The van der Waals surface area contributed by atoms with Crippen LogP contribution in [-0.2, 0) is 9.59 Å². The Balaban J connectivity index is 1.45. The number of carbonyl (C=O) groups excluding carboxylic acids is 3. The maximum Gasteiger partial charge on any atom is 0.247 e. The van der Waals surface area contributed by atoms with Crippen LogP contribution in [0.2, 0.25) is 0 Å². The summed E-state index contributed by atoms with van der Waals surface area (Å²) in [6.07, 6.45) is 6.60. The van der Waals surface area contributed by atoms with Crippen molar-refractivity contribution in [1.82, 2.24) is 4.98 Å². The smallest absolute Gasteiger partial charge is 0.247 e. The van der Waals surface area contributed by atoms with Gasteiger partial charge in [0.05, 0.1) is 10.9 Å². The molecule has 0 bridgehead atoms. The summed E-state index contributed by atoms with van der Waals surface area (Å²) in [7, 11) is 0. The van der Waals surface area contributed by atoms with Gasteiger partial charge in [0, 0.05) is 35.0 Å². The number of anilines is 2. The summed E-state index contributed by atoms with van der Waals surface area (Å²) in [5.74, 6) is -0.709. The Morgan fingerprint density at radius 1 is 1.10 bits per heavy atom. The first kappa shape index (κ1) is 20.6. The fraction of sp³-hybridized carbons (Fsp3) is 0.0833. The molecule has 154 valence electrons. The number of benzene rings is 2. The molecular formula is C24H19N3O3S. The zero-order chi connectivity index (χ0) is 21.8. The van der Waals surface area contributed by atoms with Gasteiger partial charge in [-0.15, -0.1) is 11.8 Å². The summed E-state index contributed by atoms with van der Waals surface area (Å²) in [5.41, 5.74) is 8.15. The number of rotatable bonds is 6. The fourth-order valence-electron chi connectivity index (χ4n) is 3.24. The van der Waals surface area contributed by atoms with Crippen molar-refractivity contribution in [1.29, 1.82) is 0 Å². The number of nitrogens with zero attached hydrogens (tertiary/aromatic N) is 2. The molecule has 0 radical (unpaired) electrons. The molecule has 1 aliphatic rings. The fourth-order valence-corrected chi connectivity index (χ4v) is 4.36. The Kier molecular flexibility index (Phi) is 5.95. The number of hydrogen-bond acceptors (Lipinski definition) is 6. The van der Waals surface area contributed by atoms with Gasteiger partial charge in [-0.25, -0.2) is 4.90 Å². The second-order valence-electron chi connectivity index (χ2n) is 6.98. The lowest BCUT2D eigenvalue weighted by Gasteiger charge is -2.15. The quantitative estimate of drug-likeness (QED) is 0.276. The average Bonchev–Trinajstić information content (AvgIpc) is 3.05. The van der Waals surface area contributed by atoms with Crippen LogP contribution < -0.4 is 10.6 Å². The van der Waals surface area contributed by atoms with Crippen molar-refractivity contribution in [3.8, 4) is 0 Å². The molecule has 0 aliphatic carbocycles. The number of amides is 2. The molecular weight excluding hydrogens is 410 g/mol. The van der Waals surface area contributed by atoms with Crippen molar-refractivity contribution in [2.45, 2.75) is 16.6 Å². The maximum absolute atomic E-state index is 12.9. The van der Waals surface area contributed by atoms with Crippen molar-refractivity contribution in [3.05, 3.63) is 90.3 Å². The van der Waals surface area contributed by atoms with Crippen LogP contribution in [0.3, 0.4) is 0 Å². The number of allylic oxidation sites excluding steroid dienone is 1. The lowest BCUT2D eigenvalue weighted by molar-refractivity contribution is -0.121. The zero-order valence-corrected chi connectivity index (χ0v) is 17.3. The second-order valence-corrected chi connectivity index (χ2v) is 8.26. The van der Waals surface area contributed by atoms with Crippen molar-refractivity contribution in [3.63, 3.8) is 0 Å². The Hall–Kier alpha value is -3.71. The van der Waals surface area contributed by atoms with E-state index in [2.05, 4.69) is 4.98 Å². The summed E-state index contributed by atoms with van der Waals surface area (Å²) in [6.45, 7) is 0. The van der Waals surface area contributed by atoms with Gasteiger partial charge in [0.2, 0.25) is 11.8 Å². The van der Waals surface area contributed by atoms with Crippen LogP contribution in [0.15, 0.2) is 84.0 Å². The minimum Gasteiger partial charge on any atom is -0.399 e. The number of thioether (sulfide) groups is 1. The van der Waals surface area contributed by atoms with E-state index >= 15 is 0 Å². The Morgan fingerprint density at radius 3 is 2.61 bits per heavy atom. The number of hydrogen-bond donors (Lipinski definition) is 1. The van der Waals surface area contributed by atoms with E-state index in [1.165, 1.54) is 22.7 Å². The number of ketones is 1. The summed E-state index contributed by atoms with van der Waals surface area (Å²) in [5, 5.41) is -0.502. The first-order valence-corrected chi connectivity index (χ1v) is 10.5. The van der Waals surface area contributed by atoms with Gasteiger partial charge in [0.15, 0.2) is 5.78 Å². The van der Waals surface area contributed by atoms with Crippen LogP contribution in [0.4, 0.5) is 11.4 Å². The molecule has 6 nitrogen and oxygen atoms in total. The van der Waals surface area contributed by atoms with Gasteiger partial charge in [0.25, 0.3) is 0 Å². The molecule has 7 heteroatoms. The molecule has 4 rings (SSSR count). The van der Waals surface area contributed by atoms with E-state index in [1.807, 2.05) is 18.2 Å². The first-order chi connectivity index (χ1) is 15.0. The van der Waals surface area contributed by atoms with E-state index < -0.39 is 5.25 Å². The number of nitrogens with two attached hydrogens (primary N) is 1. The maximum atomic E-state index is 12.9. The molecule has 1 fully saturated rings. The van der Waals surface area contributed by atoms with Crippen molar-refractivity contribution in [2.24, 2.45) is 0 Å². The largest absolute Gasteiger partial charge is 0.399 e. The molecule has 0 spiro atoms. The lowest BCUT2D eigenvalue weighted by atomic mass is 10.1. The third-order valence-electron chi connectivity index (χ3n) is 4.76. The first-order valence-electron chi connectivity index (χ1n) is 9.63. The molecule has 1 unspecified atom stereocenters. The van der Waals surface area contributed by atoms with Gasteiger partial charge >= 0.3 is 0 Å². The van der Waals surface area contributed by atoms with Crippen LogP contribution in [0.5, 0.6) is 0 Å². The summed E-state index contributed by atoms with van der Waals surface area (Å²) >= 11 is 1.33. The number of nitrogen functional groups attached to an aromatic ring is 1. The third kappa shape index (κ3) is 4.73. The van der Waals surface area contributed by atoms with E-state index in [9.17, 15) is 14.4 Å². The highest BCUT2D eigenvalue weighted by Crippen LogP contribution is 2.34. The van der Waals surface area contributed by atoms with Crippen molar-refractivity contribution in [2.75, 3.05) is 10.6 Å². The predicted octanol–water partition coefficient (Wildman–Crippen LogP) is 3.98. The molecule has 1 saturated heterocycles. The molecule has 1 aliphatic heterocycles. The monoisotopic (exact) mass is 429 g/mol. The van der Waals surface area contributed by atoms with E-state index in [-0.39, 0.29) is 24.0 Å². The predicted molar refractivity (Wildman–Crippen MR) is 122 cm³/mol. The summed E-state index contributed by atoms with van der Waals surface area (Å²) in [6, 6.07) is 17.3. The van der Waals surface area contributed by atoms with Crippen molar-refractivity contribution >= 4 is 46.8 Å². The topological polar surface area (TPSA) is 93.4 Å². The summed E-state index contributed by atoms with van der Waals surface area (Å²) < 4.78 is 0. The van der Waals surface area contributed by atoms with E-state index in [0.717, 1.165) is 10.5 Å². The molecule has 2 aromatic carbocycles. The molecule has 31 heavy (non-hydrogen) atoms. The standard InChI is InChI=1S/C24H19N3O3S/c25-18-4-1-5-20(13-18)31-22-14-23(29)27(24(22)30)19-9-7-17(8-10-19)21(28)11-6-16-3-2-12-26-15-16/h1-13,15,22H,14,25H2/b11-6+. The lowest BCUT2D eigenvalue weighted by Crippen LogP contribution is -2.31. The molecule has 2 amide bonds. The van der Waals surface area contributed by atoms with Gasteiger partial charge in [-0.3, -0.25) is 19.4 Å². The summed E-state index contributed by atoms with van der Waals surface area (Å²) in [4.78, 5) is 43.8. The Morgan fingerprint density at radius 2 is 1.90 bits per heavy atom. The molecule has 1 aromatic heterocycles. The molecule has 0 saturated carbocycles. The molecule has 3 aromatic rings. The number of carbonyl (C=O) groups is 3. The Bertz CT molecular complexity index is 1160. The van der Waals surface area contributed by atoms with Crippen LogP contribution >= 0.6 is 11.8 Å². The Labute approximate surface area is 183 Å². The highest BCUT2D eigenvalue weighted by Gasteiger charge is 2.40. The van der Waals surface area contributed by atoms with E-state index in [0.29, 0.717) is 16.9 Å². The van der Waals surface area contributed by atoms with Crippen LogP contribution in [0.1, 0.15) is 22.3 Å². The minimum absolute atomic E-state index is 0.118. The molecule has 2 heterocycles. The van der Waals surface area contributed by atoms with E-state index in [4.69, 9.17) is 5.73 Å². The van der Waals surface area contributed by atoms with Gasteiger partial charge < -0.3 is 5.73 Å². The average molecular weight is 430 g/mol. The minimum atomic E-state index is -0.502. The van der Waals surface area contributed by atoms with Crippen molar-refractivity contribution < 1.29 is 14.4 Å². The van der Waals surface area contributed by atoms with Gasteiger partial charge in [-0.05, 0) is 66.2 Å².